The molecule has 76 valence electrons. The van der Waals surface area contributed by atoms with Crippen molar-refractivity contribution >= 4 is 17.6 Å². The second-order valence-corrected chi connectivity index (χ2v) is 2.87. The van der Waals surface area contributed by atoms with Gasteiger partial charge in [-0.15, -0.1) is 11.6 Å². The zero-order valence-corrected chi connectivity index (χ0v) is 8.58. The number of halogens is 1. The number of hydrogen-bond acceptors (Lipinski definition) is 3. The first kappa shape index (κ1) is 10.9. The van der Waals surface area contributed by atoms with Crippen LogP contribution in [0.4, 0.5) is 0 Å². The Kier molecular flexibility index (Phi) is 4.26. The number of hydrogen-bond donors (Lipinski definition) is 0. The molecule has 0 spiro atoms. The maximum atomic E-state index is 10.8. The Balaban J connectivity index is 2.61. The van der Waals surface area contributed by atoms with Crippen LogP contribution < -0.4 is 4.74 Å². The van der Waals surface area contributed by atoms with Crippen LogP contribution in [0.5, 0.6) is 5.75 Å². The van der Waals surface area contributed by atoms with Gasteiger partial charge in [-0.2, -0.15) is 0 Å². The summed E-state index contributed by atoms with van der Waals surface area (Å²) in [7, 11) is 1.32. The van der Waals surface area contributed by atoms with E-state index in [4.69, 9.17) is 16.3 Å². The molecule has 0 saturated carbocycles. The topological polar surface area (TPSA) is 35.5 Å². The van der Waals surface area contributed by atoms with Gasteiger partial charge in [0.1, 0.15) is 5.75 Å². The summed E-state index contributed by atoms with van der Waals surface area (Å²) in [4.78, 5) is 10.8. The predicted octanol–water partition coefficient (Wildman–Crippen LogP) is 1.98. The molecule has 0 aliphatic rings. The fourth-order valence-electron chi connectivity index (χ4n) is 0.951. The lowest BCUT2D eigenvalue weighted by molar-refractivity contribution is -0.142. The molecule has 1 aromatic rings. The Morgan fingerprint density at radius 3 is 2.79 bits per heavy atom. The first-order valence-electron chi connectivity index (χ1n) is 4.11. The van der Waals surface area contributed by atoms with Crippen molar-refractivity contribution in [1.82, 2.24) is 0 Å². The van der Waals surface area contributed by atoms with Crippen LogP contribution in [0.15, 0.2) is 24.3 Å². The highest BCUT2D eigenvalue weighted by atomic mass is 35.5. The van der Waals surface area contributed by atoms with Crippen molar-refractivity contribution in [2.45, 2.75) is 5.88 Å². The summed E-state index contributed by atoms with van der Waals surface area (Å²) in [5, 5.41) is 0. The Bertz CT molecular complexity index is 312. The van der Waals surface area contributed by atoms with Gasteiger partial charge in [-0.1, -0.05) is 18.2 Å². The van der Waals surface area contributed by atoms with Gasteiger partial charge < -0.3 is 9.47 Å². The van der Waals surface area contributed by atoms with Crippen LogP contribution >= 0.6 is 11.6 Å². The summed E-state index contributed by atoms with van der Waals surface area (Å²) in [5.41, 5.74) is 0.859. The van der Waals surface area contributed by atoms with Gasteiger partial charge in [0.05, 0.1) is 13.0 Å². The van der Waals surface area contributed by atoms with Crippen molar-refractivity contribution in [2.75, 3.05) is 13.7 Å². The Morgan fingerprint density at radius 2 is 2.14 bits per heavy atom. The third-order valence-electron chi connectivity index (χ3n) is 1.69. The van der Waals surface area contributed by atoms with E-state index in [1.807, 2.05) is 18.2 Å². The van der Waals surface area contributed by atoms with Gasteiger partial charge in [0, 0.05) is 5.56 Å². The molecule has 0 atom stereocenters. The summed E-state index contributed by atoms with van der Waals surface area (Å²) in [6, 6.07) is 7.30. The number of carbonyl (C=O) groups is 1. The number of rotatable bonds is 4. The SMILES string of the molecule is COC(=O)COc1ccccc1CCl. The lowest BCUT2D eigenvalue weighted by Gasteiger charge is -2.07. The van der Waals surface area contributed by atoms with Crippen LogP contribution in [0.3, 0.4) is 0 Å². The van der Waals surface area contributed by atoms with Crippen LogP contribution in [-0.2, 0) is 15.4 Å². The number of ether oxygens (including phenoxy) is 2. The minimum atomic E-state index is -0.408. The number of benzene rings is 1. The molecular formula is C10H11ClO3. The Hall–Kier alpha value is -1.22. The maximum absolute atomic E-state index is 10.8. The number of alkyl halides is 1. The van der Waals surface area contributed by atoms with E-state index in [2.05, 4.69) is 4.74 Å². The van der Waals surface area contributed by atoms with Gasteiger partial charge in [0.2, 0.25) is 0 Å². The molecule has 0 saturated heterocycles. The summed E-state index contributed by atoms with van der Waals surface area (Å²) in [6.07, 6.45) is 0. The zero-order chi connectivity index (χ0) is 10.4. The second-order valence-electron chi connectivity index (χ2n) is 2.61. The summed E-state index contributed by atoms with van der Waals surface area (Å²) in [6.45, 7) is -0.0929. The van der Waals surface area contributed by atoms with Crippen molar-refractivity contribution in [1.29, 1.82) is 0 Å². The third kappa shape index (κ3) is 2.92. The lowest BCUT2D eigenvalue weighted by atomic mass is 10.2. The molecule has 1 aromatic carbocycles. The highest BCUT2D eigenvalue weighted by Crippen LogP contribution is 2.19. The molecule has 0 unspecified atom stereocenters. The van der Waals surface area contributed by atoms with E-state index in [9.17, 15) is 4.79 Å². The van der Waals surface area contributed by atoms with E-state index >= 15 is 0 Å². The van der Waals surface area contributed by atoms with Crippen LogP contribution in [0, 0.1) is 0 Å². The van der Waals surface area contributed by atoms with E-state index in [1.54, 1.807) is 6.07 Å². The fourth-order valence-corrected chi connectivity index (χ4v) is 1.17. The van der Waals surface area contributed by atoms with E-state index in [0.717, 1.165) is 5.56 Å². The van der Waals surface area contributed by atoms with Gasteiger partial charge in [-0.3, -0.25) is 0 Å². The quantitative estimate of drug-likeness (QED) is 0.568. The average molecular weight is 215 g/mol. The first-order chi connectivity index (χ1) is 6.77. The van der Waals surface area contributed by atoms with Crippen molar-refractivity contribution in [3.05, 3.63) is 29.8 Å². The van der Waals surface area contributed by atoms with Crippen molar-refractivity contribution in [2.24, 2.45) is 0 Å². The molecule has 0 fully saturated rings. The third-order valence-corrected chi connectivity index (χ3v) is 1.98. The van der Waals surface area contributed by atoms with E-state index in [-0.39, 0.29) is 6.61 Å². The van der Waals surface area contributed by atoms with Gasteiger partial charge in [0.25, 0.3) is 0 Å². The number of esters is 1. The summed E-state index contributed by atoms with van der Waals surface area (Å²) in [5.74, 6) is 0.569. The standard InChI is InChI=1S/C10H11ClO3/c1-13-10(12)7-14-9-5-3-2-4-8(9)6-11/h2-5H,6-7H2,1H3. The zero-order valence-electron chi connectivity index (χ0n) is 7.83. The molecule has 0 aliphatic heterocycles. The largest absolute Gasteiger partial charge is 0.482 e. The Morgan fingerprint density at radius 1 is 1.43 bits per heavy atom. The molecular weight excluding hydrogens is 204 g/mol. The van der Waals surface area contributed by atoms with E-state index in [1.165, 1.54) is 7.11 Å². The number of methoxy groups -OCH3 is 1. The fraction of sp³-hybridized carbons (Fsp3) is 0.300. The molecule has 0 aliphatic carbocycles. The first-order valence-corrected chi connectivity index (χ1v) is 4.65. The molecule has 0 heterocycles. The second kappa shape index (κ2) is 5.50. The highest BCUT2D eigenvalue weighted by molar-refractivity contribution is 6.17. The van der Waals surface area contributed by atoms with Crippen molar-refractivity contribution < 1.29 is 14.3 Å². The van der Waals surface area contributed by atoms with E-state index < -0.39 is 5.97 Å². The van der Waals surface area contributed by atoms with Crippen molar-refractivity contribution in [3.63, 3.8) is 0 Å². The molecule has 1 rings (SSSR count). The number of para-hydroxylation sites is 1. The molecule has 0 aromatic heterocycles. The molecule has 4 heteroatoms. The number of carbonyl (C=O) groups excluding carboxylic acids is 1. The van der Waals surface area contributed by atoms with Gasteiger partial charge in [-0.25, -0.2) is 4.79 Å². The maximum Gasteiger partial charge on any atom is 0.343 e. The monoisotopic (exact) mass is 214 g/mol. The van der Waals surface area contributed by atoms with Gasteiger partial charge >= 0.3 is 5.97 Å². The van der Waals surface area contributed by atoms with Gasteiger partial charge in [-0.05, 0) is 6.07 Å². The highest BCUT2D eigenvalue weighted by Gasteiger charge is 2.04. The summed E-state index contributed by atoms with van der Waals surface area (Å²) >= 11 is 5.69. The van der Waals surface area contributed by atoms with Crippen LogP contribution in [0.25, 0.3) is 0 Å². The average Bonchev–Trinajstić information content (AvgIpc) is 2.26. The van der Waals surface area contributed by atoms with E-state index in [0.29, 0.717) is 11.6 Å². The molecule has 0 N–H and O–H groups in total. The van der Waals surface area contributed by atoms with Gasteiger partial charge in [0.15, 0.2) is 6.61 Å². The predicted molar refractivity (Wildman–Crippen MR) is 53.5 cm³/mol. The lowest BCUT2D eigenvalue weighted by Crippen LogP contribution is -2.13. The molecule has 14 heavy (non-hydrogen) atoms. The van der Waals surface area contributed by atoms with Crippen molar-refractivity contribution in [3.8, 4) is 5.75 Å². The minimum absolute atomic E-state index is 0.0929. The molecule has 3 nitrogen and oxygen atoms in total. The van der Waals surface area contributed by atoms with Crippen LogP contribution in [0.1, 0.15) is 5.56 Å². The van der Waals surface area contributed by atoms with Crippen LogP contribution in [0.2, 0.25) is 0 Å². The van der Waals surface area contributed by atoms with Crippen LogP contribution in [-0.4, -0.2) is 19.7 Å². The minimum Gasteiger partial charge on any atom is -0.482 e. The summed E-state index contributed by atoms with van der Waals surface area (Å²) < 4.78 is 9.67. The Labute approximate surface area is 87.6 Å². The molecule has 0 radical (unpaired) electrons. The molecule has 0 amide bonds. The molecule has 0 bridgehead atoms. The normalized spacial score (nSPS) is 9.57. The smallest absolute Gasteiger partial charge is 0.343 e.